The Labute approximate surface area is 199 Å². The van der Waals surface area contributed by atoms with E-state index in [1.807, 2.05) is 6.92 Å². The lowest BCUT2D eigenvalue weighted by molar-refractivity contribution is -0.140. The van der Waals surface area contributed by atoms with E-state index in [1.54, 1.807) is 42.5 Å². The number of alkyl halides is 3. The van der Waals surface area contributed by atoms with E-state index < -0.39 is 29.2 Å². The van der Waals surface area contributed by atoms with Gasteiger partial charge in [-0.3, -0.25) is 0 Å². The van der Waals surface area contributed by atoms with Gasteiger partial charge in [-0.05, 0) is 71.7 Å². The standard InChI is InChI=1S/C28H22F6O/c1-2-13-35-21-9-11-22(25(29)16-21)19-8-10-23-20(15-19)7-6-18(27(23)31)5-3-17-4-12-24(26(30)14-17)28(32,33)34/h4,6-12,14-16H,2-3,5,13H2,1H3. The van der Waals surface area contributed by atoms with Gasteiger partial charge in [-0.15, -0.1) is 0 Å². The summed E-state index contributed by atoms with van der Waals surface area (Å²) in [5, 5.41) is 0.920. The molecule has 0 saturated carbocycles. The molecule has 0 aliphatic rings. The fraction of sp³-hybridized carbons (Fsp3) is 0.214. The molecule has 4 rings (SSSR count). The normalized spacial score (nSPS) is 11.7. The van der Waals surface area contributed by atoms with Crippen LogP contribution in [0.2, 0.25) is 0 Å². The average Bonchev–Trinajstić information content (AvgIpc) is 2.81. The highest BCUT2D eigenvalue weighted by molar-refractivity contribution is 5.88. The Morgan fingerprint density at radius 3 is 2.26 bits per heavy atom. The van der Waals surface area contributed by atoms with E-state index >= 15 is 4.39 Å². The molecule has 0 heterocycles. The van der Waals surface area contributed by atoms with Crippen LogP contribution in [0.5, 0.6) is 5.75 Å². The van der Waals surface area contributed by atoms with Gasteiger partial charge >= 0.3 is 6.18 Å². The summed E-state index contributed by atoms with van der Waals surface area (Å²) in [6, 6.07) is 15.5. The summed E-state index contributed by atoms with van der Waals surface area (Å²) >= 11 is 0. The van der Waals surface area contributed by atoms with Crippen LogP contribution in [0.4, 0.5) is 26.3 Å². The first kappa shape index (κ1) is 24.6. The lowest BCUT2D eigenvalue weighted by Gasteiger charge is -2.11. The summed E-state index contributed by atoms with van der Waals surface area (Å²) in [5.74, 6) is -1.82. The molecule has 0 unspecified atom stereocenters. The summed E-state index contributed by atoms with van der Waals surface area (Å²) in [5.41, 5.74) is 0.323. The van der Waals surface area contributed by atoms with Gasteiger partial charge in [-0.1, -0.05) is 37.3 Å². The Morgan fingerprint density at radius 1 is 0.771 bits per heavy atom. The van der Waals surface area contributed by atoms with Crippen LogP contribution in [0, 0.1) is 17.5 Å². The van der Waals surface area contributed by atoms with Gasteiger partial charge in [0.25, 0.3) is 0 Å². The van der Waals surface area contributed by atoms with Crippen molar-refractivity contribution >= 4 is 10.8 Å². The van der Waals surface area contributed by atoms with Crippen molar-refractivity contribution in [1.82, 2.24) is 0 Å². The van der Waals surface area contributed by atoms with Crippen LogP contribution in [0.1, 0.15) is 30.0 Å². The highest BCUT2D eigenvalue weighted by Gasteiger charge is 2.33. The fourth-order valence-corrected chi connectivity index (χ4v) is 3.96. The van der Waals surface area contributed by atoms with Crippen molar-refractivity contribution in [1.29, 1.82) is 0 Å². The smallest absolute Gasteiger partial charge is 0.419 e. The summed E-state index contributed by atoms with van der Waals surface area (Å²) in [6.07, 6.45) is -3.60. The largest absolute Gasteiger partial charge is 0.494 e. The topological polar surface area (TPSA) is 9.23 Å². The van der Waals surface area contributed by atoms with Gasteiger partial charge in [0.1, 0.15) is 23.2 Å². The zero-order valence-electron chi connectivity index (χ0n) is 18.9. The second kappa shape index (κ2) is 10.0. The zero-order valence-corrected chi connectivity index (χ0v) is 18.9. The maximum absolute atomic E-state index is 15.1. The van der Waals surface area contributed by atoms with E-state index in [9.17, 15) is 22.0 Å². The van der Waals surface area contributed by atoms with E-state index in [2.05, 4.69) is 0 Å². The lowest BCUT2D eigenvalue weighted by Crippen LogP contribution is -2.08. The molecule has 0 spiro atoms. The summed E-state index contributed by atoms with van der Waals surface area (Å²) in [4.78, 5) is 0. The van der Waals surface area contributed by atoms with Crippen molar-refractivity contribution in [3.8, 4) is 16.9 Å². The number of hydrogen-bond acceptors (Lipinski definition) is 1. The Morgan fingerprint density at radius 2 is 1.57 bits per heavy atom. The maximum Gasteiger partial charge on any atom is 0.419 e. The molecule has 7 heteroatoms. The number of aryl methyl sites for hydroxylation is 2. The first-order valence-electron chi connectivity index (χ1n) is 11.2. The number of halogens is 6. The number of hydrogen-bond donors (Lipinski definition) is 0. The van der Waals surface area contributed by atoms with Gasteiger partial charge in [0.15, 0.2) is 0 Å². The van der Waals surface area contributed by atoms with Crippen LogP contribution in [-0.2, 0) is 19.0 Å². The predicted octanol–water partition coefficient (Wildman–Crippen LogP) is 8.52. The maximum atomic E-state index is 15.1. The predicted molar refractivity (Wildman–Crippen MR) is 124 cm³/mol. The first-order valence-corrected chi connectivity index (χ1v) is 11.2. The van der Waals surface area contributed by atoms with Gasteiger partial charge in [0.05, 0.1) is 12.2 Å². The molecule has 0 saturated heterocycles. The van der Waals surface area contributed by atoms with Crippen LogP contribution < -0.4 is 4.74 Å². The number of rotatable bonds is 7. The van der Waals surface area contributed by atoms with Crippen molar-refractivity contribution in [3.63, 3.8) is 0 Å². The van der Waals surface area contributed by atoms with Gasteiger partial charge < -0.3 is 4.74 Å². The molecule has 0 aliphatic heterocycles. The van der Waals surface area contributed by atoms with Gasteiger partial charge in [0.2, 0.25) is 0 Å². The minimum absolute atomic E-state index is 0.174. The Kier molecular flexibility index (Phi) is 7.05. The molecule has 0 atom stereocenters. The van der Waals surface area contributed by atoms with Crippen LogP contribution in [-0.4, -0.2) is 6.61 Å². The highest BCUT2D eigenvalue weighted by Crippen LogP contribution is 2.33. The van der Waals surface area contributed by atoms with Crippen molar-refractivity contribution in [2.45, 2.75) is 32.4 Å². The molecule has 0 aromatic heterocycles. The minimum Gasteiger partial charge on any atom is -0.494 e. The summed E-state index contributed by atoms with van der Waals surface area (Å²) < 4.78 is 87.3. The number of ether oxygens (including phenoxy) is 1. The third-order valence-corrected chi connectivity index (χ3v) is 5.78. The SMILES string of the molecule is CCCOc1ccc(-c2ccc3c(F)c(CCc4ccc(C(F)(F)F)c(F)c4)ccc3c2)c(F)c1. The molecule has 0 bridgehead atoms. The molecule has 4 aromatic rings. The lowest BCUT2D eigenvalue weighted by atomic mass is 9.96. The molecular weight excluding hydrogens is 466 g/mol. The van der Waals surface area contributed by atoms with Crippen LogP contribution in [0.25, 0.3) is 21.9 Å². The molecule has 0 aliphatic carbocycles. The van der Waals surface area contributed by atoms with E-state index in [-0.39, 0.29) is 12.8 Å². The molecular formula is C28H22F6O. The van der Waals surface area contributed by atoms with Crippen molar-refractivity contribution in [2.75, 3.05) is 6.61 Å². The average molecular weight is 488 g/mol. The Balaban J connectivity index is 1.54. The highest BCUT2D eigenvalue weighted by atomic mass is 19.4. The third kappa shape index (κ3) is 5.45. The zero-order chi connectivity index (χ0) is 25.2. The van der Waals surface area contributed by atoms with E-state index in [4.69, 9.17) is 4.74 Å². The van der Waals surface area contributed by atoms with Gasteiger partial charge in [-0.2, -0.15) is 13.2 Å². The third-order valence-electron chi connectivity index (χ3n) is 5.78. The first-order chi connectivity index (χ1) is 16.7. The molecule has 35 heavy (non-hydrogen) atoms. The molecule has 0 fully saturated rings. The van der Waals surface area contributed by atoms with Gasteiger partial charge in [-0.25, -0.2) is 13.2 Å². The van der Waals surface area contributed by atoms with Crippen molar-refractivity contribution in [3.05, 3.63) is 101 Å². The van der Waals surface area contributed by atoms with Crippen LogP contribution in [0.15, 0.2) is 66.7 Å². The van der Waals surface area contributed by atoms with E-state index in [0.717, 1.165) is 12.5 Å². The minimum atomic E-state index is -4.76. The quantitative estimate of drug-likeness (QED) is 0.237. The van der Waals surface area contributed by atoms with Crippen molar-refractivity contribution in [2.24, 2.45) is 0 Å². The molecule has 1 nitrogen and oxygen atoms in total. The van der Waals surface area contributed by atoms with E-state index in [0.29, 0.717) is 51.4 Å². The monoisotopic (exact) mass is 488 g/mol. The van der Waals surface area contributed by atoms with Crippen LogP contribution in [0.3, 0.4) is 0 Å². The number of fused-ring (bicyclic) bond motifs is 1. The molecule has 0 amide bonds. The molecule has 4 aromatic carbocycles. The molecule has 0 radical (unpaired) electrons. The fourth-order valence-electron chi connectivity index (χ4n) is 3.96. The van der Waals surface area contributed by atoms with Crippen LogP contribution >= 0.6 is 0 Å². The summed E-state index contributed by atoms with van der Waals surface area (Å²) in [6.45, 7) is 2.45. The number of benzene rings is 4. The molecule has 0 N–H and O–H groups in total. The second-order valence-corrected chi connectivity index (χ2v) is 8.28. The van der Waals surface area contributed by atoms with Crippen molar-refractivity contribution < 1.29 is 31.1 Å². The second-order valence-electron chi connectivity index (χ2n) is 8.28. The summed E-state index contributed by atoms with van der Waals surface area (Å²) in [7, 11) is 0. The Hall–Kier alpha value is -3.48. The van der Waals surface area contributed by atoms with Gasteiger partial charge in [0, 0.05) is 17.0 Å². The van der Waals surface area contributed by atoms with E-state index in [1.165, 1.54) is 12.1 Å². The Bertz CT molecular complexity index is 1360. The molecule has 182 valence electrons.